The third-order valence-corrected chi connectivity index (χ3v) is 3.11. The minimum Gasteiger partial charge on any atom is -0.490 e. The molecule has 0 radical (unpaired) electrons. The van der Waals surface area contributed by atoms with Gasteiger partial charge < -0.3 is 9.72 Å². The van der Waals surface area contributed by atoms with Gasteiger partial charge in [-0.15, -0.1) is 0 Å². The number of aromatic nitrogens is 2. The van der Waals surface area contributed by atoms with E-state index in [-0.39, 0.29) is 5.91 Å². The zero-order valence-electron chi connectivity index (χ0n) is 11.9. The molecule has 5 nitrogen and oxygen atoms in total. The van der Waals surface area contributed by atoms with Gasteiger partial charge in [0.25, 0.3) is 5.91 Å². The van der Waals surface area contributed by atoms with Gasteiger partial charge in [0.1, 0.15) is 12.4 Å². The van der Waals surface area contributed by atoms with Gasteiger partial charge >= 0.3 is 0 Å². The number of fused-ring (bicyclic) bond motifs is 1. The molecule has 22 heavy (non-hydrogen) atoms. The number of nitrogens with zero attached hydrogens (tertiary/aromatic N) is 1. The summed E-state index contributed by atoms with van der Waals surface area (Å²) in [5.74, 6) is 0.896. The summed E-state index contributed by atoms with van der Waals surface area (Å²) in [7, 11) is 0. The Labute approximate surface area is 127 Å². The van der Waals surface area contributed by atoms with Crippen molar-refractivity contribution in [2.45, 2.75) is 0 Å². The number of nitrogens with one attached hydrogen (secondary N) is 2. The molecule has 0 fully saturated rings. The Hall–Kier alpha value is -3.08. The highest BCUT2D eigenvalue weighted by molar-refractivity contribution is 6.04. The third-order valence-electron chi connectivity index (χ3n) is 3.11. The van der Waals surface area contributed by atoms with Gasteiger partial charge in [-0.2, -0.15) is 0 Å². The van der Waals surface area contributed by atoms with Gasteiger partial charge in [-0.25, -0.2) is 4.98 Å². The van der Waals surface area contributed by atoms with E-state index >= 15 is 0 Å². The van der Waals surface area contributed by atoms with Gasteiger partial charge in [-0.1, -0.05) is 24.8 Å². The van der Waals surface area contributed by atoms with Crippen molar-refractivity contribution in [3.05, 3.63) is 66.7 Å². The van der Waals surface area contributed by atoms with Gasteiger partial charge in [-0.05, 0) is 36.4 Å². The SMILES string of the molecule is C=CCOc1ccc(C(=O)Nc2nc3ccccc3[nH]2)cc1. The lowest BCUT2D eigenvalue weighted by Crippen LogP contribution is -2.12. The summed E-state index contributed by atoms with van der Waals surface area (Å²) in [4.78, 5) is 19.6. The number of hydrogen-bond acceptors (Lipinski definition) is 3. The monoisotopic (exact) mass is 293 g/mol. The van der Waals surface area contributed by atoms with Gasteiger partial charge in [0.15, 0.2) is 0 Å². The number of imidazole rings is 1. The van der Waals surface area contributed by atoms with Crippen LogP contribution in [0.25, 0.3) is 11.0 Å². The molecule has 0 atom stereocenters. The van der Waals surface area contributed by atoms with E-state index in [0.29, 0.717) is 23.9 Å². The lowest BCUT2D eigenvalue weighted by Gasteiger charge is -2.05. The number of ether oxygens (including phenoxy) is 1. The van der Waals surface area contributed by atoms with E-state index in [9.17, 15) is 4.79 Å². The lowest BCUT2D eigenvalue weighted by molar-refractivity contribution is 0.102. The maximum Gasteiger partial charge on any atom is 0.257 e. The van der Waals surface area contributed by atoms with E-state index < -0.39 is 0 Å². The molecule has 1 amide bonds. The molecule has 0 saturated carbocycles. The number of benzene rings is 2. The predicted molar refractivity (Wildman–Crippen MR) is 86.2 cm³/mol. The first kappa shape index (κ1) is 13.9. The molecular formula is C17H15N3O2. The molecular weight excluding hydrogens is 278 g/mol. The maximum absolute atomic E-state index is 12.2. The number of aromatic amines is 1. The van der Waals surface area contributed by atoms with Crippen molar-refractivity contribution >= 4 is 22.9 Å². The molecule has 0 unspecified atom stereocenters. The molecule has 0 spiro atoms. The Morgan fingerprint density at radius 3 is 2.73 bits per heavy atom. The Kier molecular flexibility index (Phi) is 3.87. The second kappa shape index (κ2) is 6.13. The van der Waals surface area contributed by atoms with Crippen LogP contribution in [0.15, 0.2) is 61.2 Å². The normalized spacial score (nSPS) is 10.4. The van der Waals surface area contributed by atoms with Crippen LogP contribution >= 0.6 is 0 Å². The Morgan fingerprint density at radius 1 is 1.23 bits per heavy atom. The number of carbonyl (C=O) groups is 1. The maximum atomic E-state index is 12.2. The summed E-state index contributed by atoms with van der Waals surface area (Å²) in [6.45, 7) is 4.02. The van der Waals surface area contributed by atoms with Crippen LogP contribution in [0.3, 0.4) is 0 Å². The van der Waals surface area contributed by atoms with Crippen molar-refractivity contribution in [2.75, 3.05) is 11.9 Å². The van der Waals surface area contributed by atoms with E-state index in [2.05, 4.69) is 21.9 Å². The van der Waals surface area contributed by atoms with Crippen LogP contribution in [0.1, 0.15) is 10.4 Å². The number of hydrogen-bond donors (Lipinski definition) is 2. The zero-order chi connectivity index (χ0) is 15.4. The highest BCUT2D eigenvalue weighted by Crippen LogP contribution is 2.16. The molecule has 0 aliphatic rings. The molecule has 0 aliphatic heterocycles. The summed E-state index contributed by atoms with van der Waals surface area (Å²) in [5, 5.41) is 2.75. The van der Waals surface area contributed by atoms with Crippen LogP contribution in [-0.2, 0) is 0 Å². The smallest absolute Gasteiger partial charge is 0.257 e. The molecule has 110 valence electrons. The average molecular weight is 293 g/mol. The molecule has 2 aromatic carbocycles. The lowest BCUT2D eigenvalue weighted by atomic mass is 10.2. The van der Waals surface area contributed by atoms with E-state index in [1.165, 1.54) is 0 Å². The van der Waals surface area contributed by atoms with Crippen LogP contribution in [0.5, 0.6) is 5.75 Å². The molecule has 0 saturated heterocycles. The number of carbonyl (C=O) groups excluding carboxylic acids is 1. The third kappa shape index (κ3) is 2.98. The topological polar surface area (TPSA) is 67.0 Å². The first-order valence-electron chi connectivity index (χ1n) is 6.86. The van der Waals surface area contributed by atoms with Crippen LogP contribution in [0, 0.1) is 0 Å². The minimum absolute atomic E-state index is 0.227. The van der Waals surface area contributed by atoms with Crippen LogP contribution in [-0.4, -0.2) is 22.5 Å². The molecule has 2 N–H and O–H groups in total. The molecule has 3 rings (SSSR count). The fraction of sp³-hybridized carbons (Fsp3) is 0.0588. The standard InChI is InChI=1S/C17H15N3O2/c1-2-11-22-13-9-7-12(8-10-13)16(21)20-17-18-14-5-3-4-6-15(14)19-17/h2-10H,1,11H2,(H2,18,19,20,21). The van der Waals surface area contributed by atoms with E-state index in [0.717, 1.165) is 11.0 Å². The van der Waals surface area contributed by atoms with Crippen molar-refractivity contribution in [3.8, 4) is 5.75 Å². The quantitative estimate of drug-likeness (QED) is 0.709. The highest BCUT2D eigenvalue weighted by atomic mass is 16.5. The van der Waals surface area contributed by atoms with E-state index in [4.69, 9.17) is 4.74 Å². The number of anilines is 1. The van der Waals surface area contributed by atoms with Crippen LogP contribution in [0.2, 0.25) is 0 Å². The zero-order valence-corrected chi connectivity index (χ0v) is 11.9. The van der Waals surface area contributed by atoms with Gasteiger partial charge in [0, 0.05) is 5.56 Å². The summed E-state index contributed by atoms with van der Waals surface area (Å²) in [5.41, 5.74) is 2.23. The summed E-state index contributed by atoms with van der Waals surface area (Å²) in [6, 6.07) is 14.5. The summed E-state index contributed by atoms with van der Waals surface area (Å²) < 4.78 is 5.38. The number of para-hydroxylation sites is 2. The second-order valence-electron chi connectivity index (χ2n) is 4.68. The predicted octanol–water partition coefficient (Wildman–Crippen LogP) is 3.38. The van der Waals surface area contributed by atoms with Gasteiger partial charge in [0.2, 0.25) is 5.95 Å². The first-order chi connectivity index (χ1) is 10.8. The largest absolute Gasteiger partial charge is 0.490 e. The molecule has 0 bridgehead atoms. The van der Waals surface area contributed by atoms with Crippen molar-refractivity contribution < 1.29 is 9.53 Å². The molecule has 5 heteroatoms. The summed E-state index contributed by atoms with van der Waals surface area (Å²) in [6.07, 6.45) is 1.67. The van der Waals surface area contributed by atoms with Crippen molar-refractivity contribution in [1.82, 2.24) is 9.97 Å². The Balaban J connectivity index is 1.72. The number of amides is 1. The molecule has 0 aliphatic carbocycles. The Morgan fingerprint density at radius 2 is 2.00 bits per heavy atom. The number of rotatable bonds is 5. The Bertz CT molecular complexity index is 773. The first-order valence-corrected chi connectivity index (χ1v) is 6.86. The van der Waals surface area contributed by atoms with Gasteiger partial charge in [0.05, 0.1) is 11.0 Å². The fourth-order valence-corrected chi connectivity index (χ4v) is 2.05. The fourth-order valence-electron chi connectivity index (χ4n) is 2.05. The van der Waals surface area contributed by atoms with Crippen molar-refractivity contribution in [3.63, 3.8) is 0 Å². The highest BCUT2D eigenvalue weighted by Gasteiger charge is 2.09. The van der Waals surface area contributed by atoms with Crippen LogP contribution in [0.4, 0.5) is 5.95 Å². The molecule has 1 aromatic heterocycles. The van der Waals surface area contributed by atoms with E-state index in [1.54, 1.807) is 30.3 Å². The van der Waals surface area contributed by atoms with Crippen molar-refractivity contribution in [1.29, 1.82) is 0 Å². The average Bonchev–Trinajstić information content (AvgIpc) is 2.95. The number of H-pyrrole nitrogens is 1. The summed E-state index contributed by atoms with van der Waals surface area (Å²) >= 11 is 0. The second-order valence-corrected chi connectivity index (χ2v) is 4.68. The molecule has 1 heterocycles. The van der Waals surface area contributed by atoms with E-state index in [1.807, 2.05) is 24.3 Å². The van der Waals surface area contributed by atoms with Crippen molar-refractivity contribution in [2.24, 2.45) is 0 Å². The molecule has 3 aromatic rings. The minimum atomic E-state index is -0.227. The van der Waals surface area contributed by atoms with Crippen LogP contribution < -0.4 is 10.1 Å². The van der Waals surface area contributed by atoms with Gasteiger partial charge in [-0.3, -0.25) is 10.1 Å².